The Morgan fingerprint density at radius 2 is 2.04 bits per heavy atom. The molecule has 1 spiro atoms. The molecular weight excluding hydrogens is 353 g/mol. The normalized spacial score (nSPS) is 23.8. The van der Waals surface area contributed by atoms with E-state index in [2.05, 4.69) is 0 Å². The van der Waals surface area contributed by atoms with Crippen molar-refractivity contribution in [3.8, 4) is 0 Å². The number of benzene rings is 1. The number of amides is 2. The van der Waals surface area contributed by atoms with Gasteiger partial charge >= 0.3 is 0 Å². The molecule has 7 heteroatoms. The Morgan fingerprint density at radius 3 is 2.77 bits per heavy atom. The smallest absolute Gasteiger partial charge is 0.256 e. The SMILES string of the molecule is CN1CC(=O)N(c2ccsc2)C[C@@]12CCN(C(=O)c1ccccc1F)C2. The highest BCUT2D eigenvalue weighted by Crippen LogP contribution is 2.34. The molecule has 1 aromatic heterocycles. The van der Waals surface area contributed by atoms with E-state index in [4.69, 9.17) is 0 Å². The quantitative estimate of drug-likeness (QED) is 0.812. The number of likely N-dealkylation sites (N-methyl/N-ethyl adjacent to an activating group) is 1. The zero-order valence-corrected chi connectivity index (χ0v) is 15.3. The van der Waals surface area contributed by atoms with Crippen LogP contribution >= 0.6 is 11.3 Å². The predicted molar refractivity (Wildman–Crippen MR) is 99.0 cm³/mol. The summed E-state index contributed by atoms with van der Waals surface area (Å²) in [4.78, 5) is 30.8. The number of carbonyl (C=O) groups is 2. The summed E-state index contributed by atoms with van der Waals surface area (Å²) in [5, 5.41) is 3.92. The molecule has 2 aromatic rings. The molecule has 1 atom stereocenters. The van der Waals surface area contributed by atoms with Crippen LogP contribution in [-0.2, 0) is 4.79 Å². The van der Waals surface area contributed by atoms with Crippen molar-refractivity contribution in [1.82, 2.24) is 9.80 Å². The number of likely N-dealkylation sites (tertiary alicyclic amines) is 1. The van der Waals surface area contributed by atoms with Crippen LogP contribution in [0.5, 0.6) is 0 Å². The molecule has 1 aromatic carbocycles. The summed E-state index contributed by atoms with van der Waals surface area (Å²) < 4.78 is 14.0. The lowest BCUT2D eigenvalue weighted by atomic mass is 9.93. The zero-order valence-electron chi connectivity index (χ0n) is 14.5. The van der Waals surface area contributed by atoms with Gasteiger partial charge in [0, 0.05) is 25.0 Å². The Labute approximate surface area is 155 Å². The summed E-state index contributed by atoms with van der Waals surface area (Å²) in [6.07, 6.45) is 0.762. The van der Waals surface area contributed by atoms with Gasteiger partial charge in [0.05, 0.1) is 23.3 Å². The average Bonchev–Trinajstić information content (AvgIpc) is 3.29. The molecule has 2 aliphatic rings. The Balaban J connectivity index is 1.57. The Kier molecular flexibility index (Phi) is 4.28. The number of halogens is 1. The fraction of sp³-hybridized carbons (Fsp3) is 0.368. The van der Waals surface area contributed by atoms with E-state index in [-0.39, 0.29) is 22.9 Å². The van der Waals surface area contributed by atoms with Crippen LogP contribution in [0.1, 0.15) is 16.8 Å². The summed E-state index contributed by atoms with van der Waals surface area (Å²) >= 11 is 1.56. The molecule has 136 valence electrons. The first-order valence-corrected chi connectivity index (χ1v) is 9.52. The number of nitrogens with zero attached hydrogens (tertiary/aromatic N) is 3. The minimum Gasteiger partial charge on any atom is -0.337 e. The molecule has 3 heterocycles. The number of rotatable bonds is 2. The number of piperazine rings is 1. The monoisotopic (exact) mass is 373 g/mol. The van der Waals surface area contributed by atoms with Crippen molar-refractivity contribution < 1.29 is 14.0 Å². The average molecular weight is 373 g/mol. The second kappa shape index (κ2) is 6.48. The third kappa shape index (κ3) is 2.81. The predicted octanol–water partition coefficient (Wildman–Crippen LogP) is 2.45. The van der Waals surface area contributed by atoms with Crippen LogP contribution in [0.25, 0.3) is 0 Å². The van der Waals surface area contributed by atoms with E-state index in [1.807, 2.05) is 33.7 Å². The maximum absolute atomic E-state index is 14.0. The van der Waals surface area contributed by atoms with Gasteiger partial charge in [0.25, 0.3) is 5.91 Å². The summed E-state index contributed by atoms with van der Waals surface area (Å²) in [7, 11) is 1.93. The molecule has 0 radical (unpaired) electrons. The minimum absolute atomic E-state index is 0.0652. The lowest BCUT2D eigenvalue weighted by Gasteiger charge is -2.46. The van der Waals surface area contributed by atoms with Crippen LogP contribution in [0.2, 0.25) is 0 Å². The summed E-state index contributed by atoms with van der Waals surface area (Å²) in [6.45, 7) is 1.91. The van der Waals surface area contributed by atoms with Crippen LogP contribution < -0.4 is 4.90 Å². The zero-order chi connectivity index (χ0) is 18.3. The van der Waals surface area contributed by atoms with E-state index in [0.29, 0.717) is 26.2 Å². The van der Waals surface area contributed by atoms with Crippen LogP contribution in [0.4, 0.5) is 10.1 Å². The largest absolute Gasteiger partial charge is 0.337 e. The fourth-order valence-corrected chi connectivity index (χ4v) is 4.52. The first-order chi connectivity index (χ1) is 12.5. The van der Waals surface area contributed by atoms with Crippen molar-refractivity contribution in [2.45, 2.75) is 12.0 Å². The molecule has 0 bridgehead atoms. The third-order valence-electron chi connectivity index (χ3n) is 5.48. The number of hydrogen-bond acceptors (Lipinski definition) is 4. The van der Waals surface area contributed by atoms with Gasteiger partial charge in [-0.25, -0.2) is 4.39 Å². The number of hydrogen-bond donors (Lipinski definition) is 0. The van der Waals surface area contributed by atoms with Gasteiger partial charge in [0.2, 0.25) is 5.91 Å². The van der Waals surface area contributed by atoms with Gasteiger partial charge in [0.1, 0.15) is 5.82 Å². The molecule has 26 heavy (non-hydrogen) atoms. The highest BCUT2D eigenvalue weighted by atomic mass is 32.1. The molecular formula is C19H20FN3O2S. The van der Waals surface area contributed by atoms with Gasteiger partial charge in [-0.3, -0.25) is 14.5 Å². The highest BCUT2D eigenvalue weighted by Gasteiger charge is 2.48. The highest BCUT2D eigenvalue weighted by molar-refractivity contribution is 7.08. The maximum atomic E-state index is 14.0. The summed E-state index contributed by atoms with van der Waals surface area (Å²) in [5.74, 6) is -0.715. The van der Waals surface area contributed by atoms with E-state index < -0.39 is 5.82 Å². The van der Waals surface area contributed by atoms with Gasteiger partial charge in [-0.2, -0.15) is 11.3 Å². The maximum Gasteiger partial charge on any atom is 0.256 e. The summed E-state index contributed by atoms with van der Waals surface area (Å²) in [6, 6.07) is 8.03. The Morgan fingerprint density at radius 1 is 1.23 bits per heavy atom. The third-order valence-corrected chi connectivity index (χ3v) is 6.15. The molecule has 2 amide bonds. The molecule has 0 unspecified atom stereocenters. The van der Waals surface area contributed by atoms with E-state index in [9.17, 15) is 14.0 Å². The Hall–Kier alpha value is -2.25. The van der Waals surface area contributed by atoms with E-state index in [1.54, 1.807) is 28.4 Å². The van der Waals surface area contributed by atoms with Crippen molar-refractivity contribution in [1.29, 1.82) is 0 Å². The first kappa shape index (κ1) is 17.2. The van der Waals surface area contributed by atoms with E-state index in [0.717, 1.165) is 12.1 Å². The molecule has 0 aliphatic carbocycles. The molecule has 2 saturated heterocycles. The fourth-order valence-electron chi connectivity index (χ4n) is 3.88. The van der Waals surface area contributed by atoms with E-state index >= 15 is 0 Å². The van der Waals surface area contributed by atoms with Crippen molar-refractivity contribution >= 4 is 28.8 Å². The topological polar surface area (TPSA) is 43.9 Å². The van der Waals surface area contributed by atoms with Gasteiger partial charge in [-0.05, 0) is 37.0 Å². The second-order valence-corrected chi connectivity index (χ2v) is 7.78. The number of thiophene rings is 1. The first-order valence-electron chi connectivity index (χ1n) is 8.58. The standard InChI is InChI=1S/C19H20FN3O2S/c1-21-10-17(24)23(14-6-9-26-11-14)13-19(21)7-8-22(12-19)18(25)15-4-2-3-5-16(15)20/h2-6,9,11H,7-8,10,12-13H2,1H3/t19-/m0/s1. The molecule has 2 fully saturated rings. The van der Waals surface area contributed by atoms with Gasteiger partial charge in [-0.15, -0.1) is 0 Å². The molecule has 0 saturated carbocycles. The van der Waals surface area contributed by atoms with Crippen LogP contribution in [0.3, 0.4) is 0 Å². The van der Waals surface area contributed by atoms with Gasteiger partial charge in [0.15, 0.2) is 0 Å². The minimum atomic E-state index is -0.495. The molecule has 2 aliphatic heterocycles. The van der Waals surface area contributed by atoms with Crippen LogP contribution in [0.15, 0.2) is 41.1 Å². The summed E-state index contributed by atoms with van der Waals surface area (Å²) in [5.41, 5.74) is 0.719. The van der Waals surface area contributed by atoms with Crippen molar-refractivity contribution in [2.75, 3.05) is 38.1 Å². The lowest BCUT2D eigenvalue weighted by molar-refractivity contribution is -0.123. The van der Waals surface area contributed by atoms with Crippen molar-refractivity contribution in [3.05, 3.63) is 52.5 Å². The number of carbonyl (C=O) groups excluding carboxylic acids is 2. The lowest BCUT2D eigenvalue weighted by Crippen LogP contribution is -2.64. The van der Waals surface area contributed by atoms with E-state index in [1.165, 1.54) is 12.1 Å². The van der Waals surface area contributed by atoms with Crippen LogP contribution in [-0.4, -0.2) is 60.4 Å². The van der Waals surface area contributed by atoms with Crippen molar-refractivity contribution in [2.24, 2.45) is 0 Å². The van der Waals surface area contributed by atoms with Gasteiger partial charge in [-0.1, -0.05) is 12.1 Å². The van der Waals surface area contributed by atoms with Crippen LogP contribution in [0, 0.1) is 5.82 Å². The molecule has 4 rings (SSSR count). The number of anilines is 1. The Bertz CT molecular complexity index is 841. The van der Waals surface area contributed by atoms with Crippen molar-refractivity contribution in [3.63, 3.8) is 0 Å². The second-order valence-electron chi connectivity index (χ2n) is 7.00. The molecule has 0 N–H and O–H groups in total. The van der Waals surface area contributed by atoms with Gasteiger partial charge < -0.3 is 9.80 Å². The molecule has 5 nitrogen and oxygen atoms in total.